The summed E-state index contributed by atoms with van der Waals surface area (Å²) in [5.41, 5.74) is 6.13. The van der Waals surface area contributed by atoms with E-state index < -0.39 is 11.7 Å². The van der Waals surface area contributed by atoms with E-state index in [-0.39, 0.29) is 5.92 Å². The van der Waals surface area contributed by atoms with Gasteiger partial charge in [-0.2, -0.15) is 0 Å². The highest BCUT2D eigenvalue weighted by molar-refractivity contribution is 5.67. The predicted octanol–water partition coefficient (Wildman–Crippen LogP) is 1.85. The molecule has 5 nitrogen and oxygen atoms in total. The molecule has 0 aromatic carbocycles. The van der Waals surface area contributed by atoms with Crippen LogP contribution in [0.25, 0.3) is 0 Å². The van der Waals surface area contributed by atoms with Crippen molar-refractivity contribution in [2.45, 2.75) is 32.3 Å². The highest BCUT2D eigenvalue weighted by atomic mass is 16.6. The number of ether oxygens (including phenoxy) is 1. The van der Waals surface area contributed by atoms with Crippen molar-refractivity contribution < 1.29 is 13.9 Å². The first-order valence-electron chi connectivity index (χ1n) is 5.61. The van der Waals surface area contributed by atoms with E-state index >= 15 is 0 Å². The largest absolute Gasteiger partial charge is 0.472 e. The highest BCUT2D eigenvalue weighted by Crippen LogP contribution is 2.14. The first-order chi connectivity index (χ1) is 7.92. The van der Waals surface area contributed by atoms with Crippen molar-refractivity contribution in [2.75, 3.05) is 13.1 Å². The summed E-state index contributed by atoms with van der Waals surface area (Å²) in [6, 6.07) is 1.84. The Hall–Kier alpha value is -1.49. The summed E-state index contributed by atoms with van der Waals surface area (Å²) in [5, 5.41) is 2.70. The van der Waals surface area contributed by atoms with Crippen LogP contribution in [0, 0.1) is 0 Å². The summed E-state index contributed by atoms with van der Waals surface area (Å²) in [7, 11) is 0. The summed E-state index contributed by atoms with van der Waals surface area (Å²) in [6.07, 6.45) is 2.79. The Balaban J connectivity index is 2.41. The molecule has 0 saturated carbocycles. The van der Waals surface area contributed by atoms with Gasteiger partial charge in [-0.3, -0.25) is 0 Å². The summed E-state index contributed by atoms with van der Waals surface area (Å²) >= 11 is 0. The lowest BCUT2D eigenvalue weighted by Gasteiger charge is -2.21. The van der Waals surface area contributed by atoms with E-state index in [1.54, 1.807) is 12.5 Å². The smallest absolute Gasteiger partial charge is 0.407 e. The fourth-order valence-corrected chi connectivity index (χ4v) is 1.37. The number of amides is 1. The first-order valence-corrected chi connectivity index (χ1v) is 5.61. The van der Waals surface area contributed by atoms with Crippen molar-refractivity contribution in [2.24, 2.45) is 5.73 Å². The van der Waals surface area contributed by atoms with Gasteiger partial charge in [-0.1, -0.05) is 0 Å². The normalized spacial score (nSPS) is 13.2. The average Bonchev–Trinajstić information content (AvgIpc) is 2.69. The second-order valence-corrected chi connectivity index (χ2v) is 4.87. The summed E-state index contributed by atoms with van der Waals surface area (Å²) < 4.78 is 10.1. The standard InChI is InChI=1S/C12H20N2O3/c1-12(2,3)17-11(15)14-7-10(6-13)9-4-5-16-8-9/h4-5,8,10H,6-7,13H2,1-3H3,(H,14,15). The summed E-state index contributed by atoms with van der Waals surface area (Å²) in [4.78, 5) is 11.5. The second-order valence-electron chi connectivity index (χ2n) is 4.87. The van der Waals surface area contributed by atoms with Crippen molar-refractivity contribution in [1.82, 2.24) is 5.32 Å². The van der Waals surface area contributed by atoms with Gasteiger partial charge in [-0.15, -0.1) is 0 Å². The average molecular weight is 240 g/mol. The van der Waals surface area contributed by atoms with Crippen molar-refractivity contribution in [3.8, 4) is 0 Å². The number of nitrogens with two attached hydrogens (primary N) is 1. The number of carbonyl (C=O) groups excluding carboxylic acids is 1. The number of carbonyl (C=O) groups is 1. The van der Waals surface area contributed by atoms with Gasteiger partial charge in [0.25, 0.3) is 0 Å². The van der Waals surface area contributed by atoms with Crippen LogP contribution in [0.4, 0.5) is 4.79 Å². The minimum Gasteiger partial charge on any atom is -0.472 e. The van der Waals surface area contributed by atoms with Gasteiger partial charge in [0.1, 0.15) is 5.60 Å². The van der Waals surface area contributed by atoms with Crippen LogP contribution in [-0.2, 0) is 4.74 Å². The van der Waals surface area contributed by atoms with Gasteiger partial charge in [0.15, 0.2) is 0 Å². The fourth-order valence-electron chi connectivity index (χ4n) is 1.37. The Morgan fingerprint density at radius 1 is 1.59 bits per heavy atom. The molecule has 0 saturated heterocycles. The minimum atomic E-state index is -0.488. The van der Waals surface area contributed by atoms with Crippen LogP contribution in [0.5, 0.6) is 0 Å². The molecule has 1 heterocycles. The minimum absolute atomic E-state index is 0.0428. The Morgan fingerprint density at radius 3 is 2.76 bits per heavy atom. The van der Waals surface area contributed by atoms with Crippen LogP contribution in [0.3, 0.4) is 0 Å². The molecule has 96 valence electrons. The van der Waals surface area contributed by atoms with E-state index in [2.05, 4.69) is 5.32 Å². The van der Waals surface area contributed by atoms with E-state index in [0.717, 1.165) is 5.56 Å². The molecule has 1 aromatic heterocycles. The Bertz CT molecular complexity index is 341. The molecule has 17 heavy (non-hydrogen) atoms. The fraction of sp³-hybridized carbons (Fsp3) is 0.583. The molecule has 0 bridgehead atoms. The molecule has 3 N–H and O–H groups in total. The molecule has 1 amide bonds. The number of furan rings is 1. The molecular formula is C12H20N2O3. The second kappa shape index (κ2) is 5.72. The summed E-state index contributed by atoms with van der Waals surface area (Å²) in [6.45, 7) is 6.34. The third-order valence-electron chi connectivity index (χ3n) is 2.19. The van der Waals surface area contributed by atoms with Gasteiger partial charge >= 0.3 is 6.09 Å². The molecule has 0 fully saturated rings. The van der Waals surface area contributed by atoms with Crippen molar-refractivity contribution in [1.29, 1.82) is 0 Å². The number of hydrogen-bond acceptors (Lipinski definition) is 4. The zero-order valence-electron chi connectivity index (χ0n) is 10.5. The SMILES string of the molecule is CC(C)(C)OC(=O)NCC(CN)c1ccoc1. The van der Waals surface area contributed by atoms with Crippen LogP contribution in [-0.4, -0.2) is 24.8 Å². The lowest BCUT2D eigenvalue weighted by atomic mass is 10.0. The van der Waals surface area contributed by atoms with E-state index in [1.165, 1.54) is 0 Å². The monoisotopic (exact) mass is 240 g/mol. The lowest BCUT2D eigenvalue weighted by molar-refractivity contribution is 0.0525. The number of alkyl carbamates (subject to hydrolysis) is 1. The molecule has 5 heteroatoms. The Labute approximate surface area is 101 Å². The van der Waals surface area contributed by atoms with E-state index in [9.17, 15) is 4.79 Å². The van der Waals surface area contributed by atoms with Gasteiger partial charge < -0.3 is 20.2 Å². The highest BCUT2D eigenvalue weighted by Gasteiger charge is 2.18. The van der Waals surface area contributed by atoms with Gasteiger partial charge in [-0.05, 0) is 32.4 Å². The van der Waals surface area contributed by atoms with Crippen molar-refractivity contribution in [3.05, 3.63) is 24.2 Å². The molecular weight excluding hydrogens is 220 g/mol. The lowest BCUT2D eigenvalue weighted by Crippen LogP contribution is -2.36. The molecule has 1 rings (SSSR count). The Kier molecular flexibility index (Phi) is 4.57. The molecule has 0 radical (unpaired) electrons. The molecule has 0 aliphatic rings. The molecule has 1 atom stereocenters. The molecule has 1 unspecified atom stereocenters. The predicted molar refractivity (Wildman–Crippen MR) is 64.7 cm³/mol. The van der Waals surface area contributed by atoms with Gasteiger partial charge in [0.05, 0.1) is 12.5 Å². The third-order valence-corrected chi connectivity index (χ3v) is 2.19. The van der Waals surface area contributed by atoms with Gasteiger partial charge in [-0.25, -0.2) is 4.79 Å². The van der Waals surface area contributed by atoms with Crippen LogP contribution < -0.4 is 11.1 Å². The van der Waals surface area contributed by atoms with Gasteiger partial charge in [0, 0.05) is 19.0 Å². The molecule has 0 aliphatic heterocycles. The van der Waals surface area contributed by atoms with Crippen LogP contribution >= 0.6 is 0 Å². The van der Waals surface area contributed by atoms with Crippen LogP contribution in [0.2, 0.25) is 0 Å². The number of nitrogens with one attached hydrogen (secondary N) is 1. The van der Waals surface area contributed by atoms with E-state index in [1.807, 2.05) is 26.8 Å². The van der Waals surface area contributed by atoms with Crippen molar-refractivity contribution in [3.63, 3.8) is 0 Å². The number of hydrogen-bond donors (Lipinski definition) is 2. The topological polar surface area (TPSA) is 77.5 Å². The maximum atomic E-state index is 11.5. The first kappa shape index (κ1) is 13.6. The maximum absolute atomic E-state index is 11.5. The maximum Gasteiger partial charge on any atom is 0.407 e. The molecule has 0 spiro atoms. The van der Waals surface area contributed by atoms with Crippen LogP contribution in [0.15, 0.2) is 23.0 Å². The quantitative estimate of drug-likeness (QED) is 0.842. The Morgan fingerprint density at radius 2 is 2.29 bits per heavy atom. The van der Waals surface area contributed by atoms with Gasteiger partial charge in [0.2, 0.25) is 0 Å². The molecule has 1 aromatic rings. The van der Waals surface area contributed by atoms with E-state index in [4.69, 9.17) is 14.9 Å². The van der Waals surface area contributed by atoms with Crippen LogP contribution in [0.1, 0.15) is 32.3 Å². The van der Waals surface area contributed by atoms with E-state index in [0.29, 0.717) is 13.1 Å². The zero-order valence-corrected chi connectivity index (χ0v) is 10.5. The molecule has 0 aliphatic carbocycles. The third kappa shape index (κ3) is 4.91. The number of rotatable bonds is 4. The van der Waals surface area contributed by atoms with Crippen molar-refractivity contribution >= 4 is 6.09 Å². The zero-order chi connectivity index (χ0) is 12.9. The summed E-state index contributed by atoms with van der Waals surface area (Å²) in [5.74, 6) is 0.0428.